The van der Waals surface area contributed by atoms with Crippen LogP contribution in [0, 0.1) is 0 Å². The minimum absolute atomic E-state index is 0.854. The third kappa shape index (κ3) is 2.34. The number of allylic oxidation sites excluding steroid dienone is 1. The average Bonchev–Trinajstić information content (AvgIpc) is 2.37. The summed E-state index contributed by atoms with van der Waals surface area (Å²) >= 11 is 1.63. The molecule has 0 atom stereocenters. The lowest BCUT2D eigenvalue weighted by Crippen LogP contribution is -1.93. The topological polar surface area (TPSA) is 43.6 Å². The summed E-state index contributed by atoms with van der Waals surface area (Å²) in [7, 11) is 1.83. The zero-order valence-corrected chi connectivity index (χ0v) is 7.21. The van der Waals surface area contributed by atoms with E-state index >= 15 is 0 Å². The number of aromatic nitrogens is 4. The monoisotopic (exact) mass is 170 g/mol. The highest BCUT2D eigenvalue weighted by molar-refractivity contribution is 7.99. The molecule has 0 aliphatic heterocycles. The van der Waals surface area contributed by atoms with Gasteiger partial charge >= 0.3 is 0 Å². The highest BCUT2D eigenvalue weighted by Crippen LogP contribution is 2.12. The largest absolute Gasteiger partial charge is 0.224 e. The van der Waals surface area contributed by atoms with Crippen molar-refractivity contribution < 1.29 is 0 Å². The molecular weight excluding hydrogens is 160 g/mol. The number of rotatable bonds is 4. The van der Waals surface area contributed by atoms with Gasteiger partial charge in [0.25, 0.3) is 0 Å². The van der Waals surface area contributed by atoms with Crippen molar-refractivity contribution in [3.05, 3.63) is 12.7 Å². The van der Waals surface area contributed by atoms with Crippen LogP contribution in [0.5, 0.6) is 0 Å². The minimum Gasteiger partial charge on any atom is -0.224 e. The summed E-state index contributed by atoms with van der Waals surface area (Å²) in [5.74, 6) is 0.984. The smallest absolute Gasteiger partial charge is 0.209 e. The molecule has 11 heavy (non-hydrogen) atoms. The Morgan fingerprint density at radius 1 is 1.73 bits per heavy atom. The molecule has 5 heteroatoms. The van der Waals surface area contributed by atoms with Gasteiger partial charge in [0.1, 0.15) is 0 Å². The molecule has 0 saturated carbocycles. The molecule has 0 fully saturated rings. The molecule has 4 nitrogen and oxygen atoms in total. The quantitative estimate of drug-likeness (QED) is 0.382. The van der Waals surface area contributed by atoms with Gasteiger partial charge in [-0.25, -0.2) is 4.68 Å². The Labute approximate surface area is 69.7 Å². The summed E-state index contributed by atoms with van der Waals surface area (Å²) in [6, 6.07) is 0. The molecule has 1 aromatic rings. The van der Waals surface area contributed by atoms with Crippen molar-refractivity contribution >= 4 is 11.8 Å². The second kappa shape index (κ2) is 4.12. The van der Waals surface area contributed by atoms with E-state index in [0.717, 1.165) is 17.3 Å². The lowest BCUT2D eigenvalue weighted by molar-refractivity contribution is 0.664. The summed E-state index contributed by atoms with van der Waals surface area (Å²) in [5, 5.41) is 11.9. The van der Waals surface area contributed by atoms with Crippen LogP contribution in [0.3, 0.4) is 0 Å². The summed E-state index contributed by atoms with van der Waals surface area (Å²) in [6.45, 7) is 3.63. The summed E-state index contributed by atoms with van der Waals surface area (Å²) in [4.78, 5) is 0. The van der Waals surface area contributed by atoms with Gasteiger partial charge in [-0.2, -0.15) is 0 Å². The maximum atomic E-state index is 3.82. The first-order chi connectivity index (χ1) is 5.34. The SMILES string of the molecule is C=CCCSc1nnnn1C. The first-order valence-electron chi connectivity index (χ1n) is 3.30. The van der Waals surface area contributed by atoms with Crippen molar-refractivity contribution in [3.63, 3.8) is 0 Å². The van der Waals surface area contributed by atoms with E-state index in [4.69, 9.17) is 0 Å². The van der Waals surface area contributed by atoms with Crippen LogP contribution in [-0.2, 0) is 7.05 Å². The number of nitrogens with zero attached hydrogens (tertiary/aromatic N) is 4. The number of hydrogen-bond donors (Lipinski definition) is 0. The second-order valence-electron chi connectivity index (χ2n) is 2.01. The van der Waals surface area contributed by atoms with Gasteiger partial charge < -0.3 is 0 Å². The van der Waals surface area contributed by atoms with E-state index in [1.54, 1.807) is 16.4 Å². The lowest BCUT2D eigenvalue weighted by atomic mass is 10.5. The summed E-state index contributed by atoms with van der Waals surface area (Å²) in [5.41, 5.74) is 0. The van der Waals surface area contributed by atoms with Crippen molar-refractivity contribution in [1.82, 2.24) is 20.2 Å². The molecule has 60 valence electrons. The maximum Gasteiger partial charge on any atom is 0.209 e. The number of hydrogen-bond acceptors (Lipinski definition) is 4. The highest BCUT2D eigenvalue weighted by Gasteiger charge is 1.99. The van der Waals surface area contributed by atoms with E-state index in [1.807, 2.05) is 13.1 Å². The predicted octanol–water partition coefficient (Wildman–Crippen LogP) is 0.878. The van der Waals surface area contributed by atoms with Gasteiger partial charge in [-0.15, -0.1) is 11.7 Å². The van der Waals surface area contributed by atoms with Crippen molar-refractivity contribution in [2.24, 2.45) is 7.05 Å². The molecular formula is C6H10N4S. The minimum atomic E-state index is 0.854. The van der Waals surface area contributed by atoms with Crippen LogP contribution in [-0.4, -0.2) is 26.0 Å². The van der Waals surface area contributed by atoms with Crippen LogP contribution in [0.4, 0.5) is 0 Å². The fourth-order valence-electron chi connectivity index (χ4n) is 0.577. The number of thioether (sulfide) groups is 1. The van der Waals surface area contributed by atoms with Gasteiger partial charge in [0, 0.05) is 12.8 Å². The Balaban J connectivity index is 2.38. The molecule has 1 heterocycles. The Morgan fingerprint density at radius 3 is 3.09 bits per heavy atom. The van der Waals surface area contributed by atoms with Gasteiger partial charge in [0.05, 0.1) is 0 Å². The van der Waals surface area contributed by atoms with Crippen LogP contribution < -0.4 is 0 Å². The van der Waals surface area contributed by atoms with Crippen LogP contribution in [0.1, 0.15) is 6.42 Å². The van der Waals surface area contributed by atoms with Gasteiger partial charge in [-0.1, -0.05) is 17.8 Å². The Kier molecular flexibility index (Phi) is 3.10. The van der Waals surface area contributed by atoms with E-state index in [9.17, 15) is 0 Å². The molecule has 0 amide bonds. The summed E-state index contributed by atoms with van der Waals surface area (Å²) in [6.07, 6.45) is 2.87. The zero-order chi connectivity index (χ0) is 8.10. The molecule has 0 aliphatic carbocycles. The van der Waals surface area contributed by atoms with Gasteiger partial charge in [0.2, 0.25) is 5.16 Å². The van der Waals surface area contributed by atoms with E-state index in [-0.39, 0.29) is 0 Å². The Bertz CT molecular complexity index is 232. The standard InChI is InChI=1S/C6H10N4S/c1-3-4-5-11-6-7-8-9-10(6)2/h3H,1,4-5H2,2H3. The second-order valence-corrected chi connectivity index (χ2v) is 3.07. The maximum absolute atomic E-state index is 3.82. The van der Waals surface area contributed by atoms with Crippen molar-refractivity contribution in [2.45, 2.75) is 11.6 Å². The van der Waals surface area contributed by atoms with E-state index < -0.39 is 0 Å². The Hall–Kier alpha value is -0.840. The molecule has 0 radical (unpaired) electrons. The van der Waals surface area contributed by atoms with Crippen LogP contribution in [0.25, 0.3) is 0 Å². The zero-order valence-electron chi connectivity index (χ0n) is 6.40. The van der Waals surface area contributed by atoms with E-state index in [2.05, 4.69) is 22.1 Å². The fourth-order valence-corrected chi connectivity index (χ4v) is 1.36. The molecule has 0 spiro atoms. The predicted molar refractivity (Wildman–Crippen MR) is 44.3 cm³/mol. The average molecular weight is 170 g/mol. The van der Waals surface area contributed by atoms with Crippen LogP contribution in [0.2, 0.25) is 0 Å². The third-order valence-corrected chi connectivity index (χ3v) is 2.18. The molecule has 0 unspecified atom stereocenters. The molecule has 1 aromatic heterocycles. The lowest BCUT2D eigenvalue weighted by Gasteiger charge is -1.94. The van der Waals surface area contributed by atoms with Crippen molar-refractivity contribution in [1.29, 1.82) is 0 Å². The molecule has 1 rings (SSSR count). The fraction of sp³-hybridized carbons (Fsp3) is 0.500. The third-order valence-electron chi connectivity index (χ3n) is 1.13. The van der Waals surface area contributed by atoms with Crippen LogP contribution >= 0.6 is 11.8 Å². The van der Waals surface area contributed by atoms with E-state index in [0.29, 0.717) is 0 Å². The van der Waals surface area contributed by atoms with Crippen molar-refractivity contribution in [3.8, 4) is 0 Å². The van der Waals surface area contributed by atoms with Gasteiger partial charge in [-0.3, -0.25) is 0 Å². The molecule has 0 saturated heterocycles. The normalized spacial score (nSPS) is 9.91. The van der Waals surface area contributed by atoms with Crippen LogP contribution in [0.15, 0.2) is 17.8 Å². The Morgan fingerprint density at radius 2 is 2.55 bits per heavy atom. The number of tetrazole rings is 1. The van der Waals surface area contributed by atoms with Gasteiger partial charge in [-0.05, 0) is 16.8 Å². The van der Waals surface area contributed by atoms with Gasteiger partial charge in [0.15, 0.2) is 0 Å². The highest BCUT2D eigenvalue weighted by atomic mass is 32.2. The number of aryl methyl sites for hydroxylation is 1. The molecule has 0 bridgehead atoms. The molecule has 0 aliphatic rings. The first kappa shape index (κ1) is 8.26. The molecule has 0 aromatic carbocycles. The summed E-state index contributed by atoms with van der Waals surface area (Å²) < 4.78 is 1.66. The first-order valence-corrected chi connectivity index (χ1v) is 4.29. The van der Waals surface area contributed by atoms with Crippen molar-refractivity contribution in [2.75, 3.05) is 5.75 Å². The molecule has 0 N–H and O–H groups in total. The van der Waals surface area contributed by atoms with E-state index in [1.165, 1.54) is 0 Å².